The zero-order chi connectivity index (χ0) is 23.5. The Labute approximate surface area is 186 Å². The molecular weight excluding hydrogens is 428 g/mol. The van der Waals surface area contributed by atoms with Gasteiger partial charge in [0.2, 0.25) is 0 Å². The molecule has 0 aromatic heterocycles. The summed E-state index contributed by atoms with van der Waals surface area (Å²) >= 11 is 0. The molecule has 5 rings (SSSR count). The van der Waals surface area contributed by atoms with Crippen LogP contribution in [0.15, 0.2) is 0 Å². The van der Waals surface area contributed by atoms with Crippen LogP contribution in [0.3, 0.4) is 0 Å². The van der Waals surface area contributed by atoms with Crippen LogP contribution in [0, 0.1) is 17.3 Å². The number of hydrogen-bond donors (Lipinski definition) is 7. The summed E-state index contributed by atoms with van der Waals surface area (Å²) in [6, 6.07) is 0. The number of rotatable bonds is 7. The van der Waals surface area contributed by atoms with Gasteiger partial charge >= 0.3 is 0 Å². The number of aliphatic hydroxyl groups excluding tert-OH is 5. The fraction of sp³-hybridized carbons (Fsp3) is 1.00. The van der Waals surface area contributed by atoms with Crippen molar-refractivity contribution in [3.8, 4) is 0 Å². The van der Waals surface area contributed by atoms with E-state index in [1.54, 1.807) is 0 Å². The van der Waals surface area contributed by atoms with Crippen LogP contribution in [-0.4, -0.2) is 116 Å². The van der Waals surface area contributed by atoms with E-state index in [9.17, 15) is 35.7 Å². The second-order valence-corrected chi connectivity index (χ2v) is 10.5. The summed E-state index contributed by atoms with van der Waals surface area (Å²) in [7, 11) is 0. The van der Waals surface area contributed by atoms with Crippen molar-refractivity contribution in [2.45, 2.75) is 87.4 Å². The van der Waals surface area contributed by atoms with Gasteiger partial charge in [0.05, 0.1) is 32.0 Å². The molecule has 3 aliphatic carbocycles. The topological polar surface area (TPSA) is 179 Å². The van der Waals surface area contributed by atoms with Gasteiger partial charge in [-0.15, -0.1) is 0 Å². The number of ether oxygens (including phenoxy) is 4. The first-order valence-electron chi connectivity index (χ1n) is 11.2. The fourth-order valence-corrected chi connectivity index (χ4v) is 5.73. The van der Waals surface area contributed by atoms with Crippen molar-refractivity contribution < 1.29 is 54.7 Å². The van der Waals surface area contributed by atoms with Gasteiger partial charge in [-0.25, -0.2) is 0 Å². The third-order valence-electron chi connectivity index (χ3n) is 8.22. The van der Waals surface area contributed by atoms with Crippen molar-refractivity contribution in [3.05, 3.63) is 0 Å². The Balaban J connectivity index is 1.34. The predicted molar refractivity (Wildman–Crippen MR) is 106 cm³/mol. The molecule has 2 saturated heterocycles. The third kappa shape index (κ3) is 4.01. The maximum Gasteiger partial charge on any atom is 0.186 e. The van der Waals surface area contributed by atoms with E-state index in [2.05, 4.69) is 13.8 Å². The zero-order valence-corrected chi connectivity index (χ0v) is 18.4. The number of hydrogen-bond acceptors (Lipinski definition) is 11. The SMILES string of the molecule is CC1(C)[C@@H]2CC[C@](O)(CO[C@@H]3O[C@H](CO[C@@H]4OC[C@](O)(CO)[C@H]4O)[C@@H](O)[C@H](O)[C@H]3O)[C@H]1C2. The molecule has 2 aliphatic heterocycles. The van der Waals surface area contributed by atoms with E-state index in [0.717, 1.165) is 12.8 Å². The lowest BCUT2D eigenvalue weighted by Gasteiger charge is -2.63. The Morgan fingerprint density at radius 3 is 2.25 bits per heavy atom. The summed E-state index contributed by atoms with van der Waals surface area (Å²) in [6.45, 7) is 2.77. The van der Waals surface area contributed by atoms with Crippen LogP contribution in [0.2, 0.25) is 0 Å². The molecule has 186 valence electrons. The molecule has 11 atom stereocenters. The van der Waals surface area contributed by atoms with Crippen LogP contribution in [0.1, 0.15) is 33.1 Å². The molecule has 3 saturated carbocycles. The minimum absolute atomic E-state index is 0.00704. The van der Waals surface area contributed by atoms with Crippen molar-refractivity contribution in [3.63, 3.8) is 0 Å². The molecule has 0 spiro atoms. The predicted octanol–water partition coefficient (Wildman–Crippen LogP) is -2.54. The summed E-state index contributed by atoms with van der Waals surface area (Å²) in [5.41, 5.74) is -2.92. The number of fused-ring (bicyclic) bond motifs is 2. The first-order valence-corrected chi connectivity index (χ1v) is 11.2. The molecule has 11 heteroatoms. The summed E-state index contributed by atoms with van der Waals surface area (Å²) in [6.07, 6.45) is -7.49. The average Bonchev–Trinajstić information content (AvgIpc) is 3.05. The highest BCUT2D eigenvalue weighted by molar-refractivity contribution is 5.10. The minimum Gasteiger partial charge on any atom is -0.393 e. The molecule has 0 aromatic carbocycles. The molecule has 0 unspecified atom stereocenters. The van der Waals surface area contributed by atoms with Crippen molar-refractivity contribution in [2.24, 2.45) is 17.3 Å². The Bertz CT molecular complexity index is 674. The van der Waals surface area contributed by atoms with Crippen LogP contribution in [0.5, 0.6) is 0 Å². The standard InChI is InChI=1S/C21H36O11/c1-19(2)10-3-4-20(27,12(19)5-10)8-30-17-15(25)14(24)13(23)11(32-17)6-29-18-16(26)21(28,7-22)9-31-18/h10-18,22-28H,3-9H2,1-2H3/t10-,11-,12+,13-,14+,15-,16+,17-,18-,20+,21-/m1/s1. The van der Waals surface area contributed by atoms with Gasteiger partial charge in [-0.3, -0.25) is 0 Å². The molecule has 5 aliphatic rings. The van der Waals surface area contributed by atoms with Crippen LogP contribution < -0.4 is 0 Å². The molecule has 0 radical (unpaired) electrons. The lowest BCUT2D eigenvalue weighted by molar-refractivity contribution is -0.325. The Hall–Kier alpha value is -0.440. The van der Waals surface area contributed by atoms with Gasteiger partial charge < -0.3 is 54.7 Å². The van der Waals surface area contributed by atoms with E-state index >= 15 is 0 Å². The van der Waals surface area contributed by atoms with Gasteiger partial charge in [0, 0.05) is 0 Å². The normalized spacial score (nSPS) is 52.6. The molecule has 7 N–H and O–H groups in total. The quantitative estimate of drug-likeness (QED) is 0.211. The highest BCUT2D eigenvalue weighted by atomic mass is 16.7. The van der Waals surface area contributed by atoms with Gasteiger partial charge in [0.15, 0.2) is 12.6 Å². The van der Waals surface area contributed by atoms with Crippen LogP contribution in [0.4, 0.5) is 0 Å². The Morgan fingerprint density at radius 2 is 1.66 bits per heavy atom. The molecule has 0 aromatic rings. The zero-order valence-electron chi connectivity index (χ0n) is 18.4. The van der Waals surface area contributed by atoms with Crippen LogP contribution in [-0.2, 0) is 18.9 Å². The maximum absolute atomic E-state index is 11.2. The van der Waals surface area contributed by atoms with Crippen molar-refractivity contribution in [1.82, 2.24) is 0 Å². The van der Waals surface area contributed by atoms with E-state index in [1.165, 1.54) is 0 Å². The van der Waals surface area contributed by atoms with E-state index in [-0.39, 0.29) is 31.2 Å². The van der Waals surface area contributed by atoms with Crippen molar-refractivity contribution in [2.75, 3.05) is 26.4 Å². The molecule has 0 amide bonds. The van der Waals surface area contributed by atoms with Gasteiger partial charge in [-0.1, -0.05) is 13.8 Å². The van der Waals surface area contributed by atoms with Gasteiger partial charge in [0.25, 0.3) is 0 Å². The molecule has 5 fully saturated rings. The summed E-state index contributed by atoms with van der Waals surface area (Å²) < 4.78 is 21.9. The second-order valence-electron chi connectivity index (χ2n) is 10.5. The average molecular weight is 465 g/mol. The maximum atomic E-state index is 11.2. The van der Waals surface area contributed by atoms with E-state index in [1.807, 2.05) is 0 Å². The summed E-state index contributed by atoms with van der Waals surface area (Å²) in [5, 5.41) is 71.4. The summed E-state index contributed by atoms with van der Waals surface area (Å²) in [5.74, 6) is 0.648. The van der Waals surface area contributed by atoms with Gasteiger partial charge in [-0.2, -0.15) is 0 Å². The largest absolute Gasteiger partial charge is 0.393 e. The fourth-order valence-electron chi connectivity index (χ4n) is 5.73. The second kappa shape index (κ2) is 8.65. The molecule has 11 nitrogen and oxygen atoms in total. The Kier molecular flexibility index (Phi) is 6.67. The highest BCUT2D eigenvalue weighted by Crippen LogP contribution is 2.62. The lowest BCUT2D eigenvalue weighted by Crippen LogP contribution is -2.64. The highest BCUT2D eigenvalue weighted by Gasteiger charge is 2.61. The van der Waals surface area contributed by atoms with Gasteiger partial charge in [0.1, 0.15) is 36.1 Å². The molecular formula is C21H36O11. The lowest BCUT2D eigenvalue weighted by atomic mass is 9.44. The molecule has 2 heterocycles. The summed E-state index contributed by atoms with van der Waals surface area (Å²) in [4.78, 5) is 0. The van der Waals surface area contributed by atoms with Crippen LogP contribution >= 0.6 is 0 Å². The molecule has 2 bridgehead atoms. The van der Waals surface area contributed by atoms with E-state index in [0.29, 0.717) is 12.3 Å². The van der Waals surface area contributed by atoms with E-state index in [4.69, 9.17) is 18.9 Å². The molecule has 32 heavy (non-hydrogen) atoms. The first kappa shape index (κ1) is 24.7. The first-order chi connectivity index (χ1) is 14.9. The van der Waals surface area contributed by atoms with Crippen molar-refractivity contribution in [1.29, 1.82) is 0 Å². The third-order valence-corrected chi connectivity index (χ3v) is 8.22. The smallest absolute Gasteiger partial charge is 0.186 e. The van der Waals surface area contributed by atoms with E-state index < -0.39 is 60.9 Å². The Morgan fingerprint density at radius 1 is 0.938 bits per heavy atom. The van der Waals surface area contributed by atoms with Crippen LogP contribution in [0.25, 0.3) is 0 Å². The minimum atomic E-state index is -1.86. The van der Waals surface area contributed by atoms with Gasteiger partial charge in [-0.05, 0) is 36.5 Å². The monoisotopic (exact) mass is 464 g/mol. The van der Waals surface area contributed by atoms with Crippen molar-refractivity contribution >= 4 is 0 Å². The number of aliphatic hydroxyl groups is 7.